The largest absolute Gasteiger partial charge is 0.504 e. The molecule has 2 saturated heterocycles. The van der Waals surface area contributed by atoms with E-state index >= 15 is 4.79 Å². The normalized spacial score (nSPS) is 26.5. The third-order valence-electron chi connectivity index (χ3n) is 11.1. The quantitative estimate of drug-likeness (QED) is 0.0724. The molecule has 1 N–H and O–H groups in total. The monoisotopic (exact) mass is 829 g/mol. The van der Waals surface area contributed by atoms with Crippen molar-refractivity contribution in [3.63, 3.8) is 0 Å². The Morgan fingerprint density at radius 1 is 0.885 bits per heavy atom. The number of nitro benzene ring substituents is 1. The number of aromatic hydroxyl groups is 1. The summed E-state index contributed by atoms with van der Waals surface area (Å²) in [5, 5.41) is 22.6. The first kappa shape index (κ1) is 34.0. The van der Waals surface area contributed by atoms with Crippen LogP contribution in [0, 0.1) is 37.4 Å². The van der Waals surface area contributed by atoms with Gasteiger partial charge in [0.2, 0.25) is 23.6 Å². The number of phenolic OH excluding ortho intramolecular Hbond substituents is 1. The van der Waals surface area contributed by atoms with Crippen LogP contribution >= 0.6 is 34.2 Å². The minimum Gasteiger partial charge on any atom is -0.504 e. The van der Waals surface area contributed by atoms with Crippen molar-refractivity contribution in [3.05, 3.63) is 132 Å². The Morgan fingerprint density at radius 2 is 1.62 bits per heavy atom. The molecule has 13 heteroatoms. The first-order chi connectivity index (χ1) is 25.0. The fourth-order valence-electron chi connectivity index (χ4n) is 9.01. The molecule has 4 amide bonds. The van der Waals surface area contributed by atoms with Crippen molar-refractivity contribution in [3.8, 4) is 11.5 Å². The van der Waals surface area contributed by atoms with E-state index in [-0.39, 0.29) is 35.7 Å². The minimum atomic E-state index is -1.50. The number of rotatable bonds is 6. The average Bonchev–Trinajstić information content (AvgIpc) is 3.53. The summed E-state index contributed by atoms with van der Waals surface area (Å²) in [5.41, 5.74) is 0.813. The lowest BCUT2D eigenvalue weighted by molar-refractivity contribution is -0.384. The summed E-state index contributed by atoms with van der Waals surface area (Å²) in [6, 6.07) is 24.4. The number of halogens is 2. The molecule has 3 fully saturated rings. The molecule has 4 aliphatic rings. The molecule has 4 aromatic rings. The number of methoxy groups -OCH3 is 1. The van der Waals surface area contributed by atoms with Gasteiger partial charge in [-0.05, 0) is 94.9 Å². The van der Waals surface area contributed by atoms with Crippen molar-refractivity contribution in [2.75, 3.05) is 16.9 Å². The van der Waals surface area contributed by atoms with Crippen LogP contribution in [0.1, 0.15) is 29.9 Å². The molecule has 4 aromatic carbocycles. The smallest absolute Gasteiger partial charge is 0.269 e. The molecule has 1 saturated carbocycles. The maximum Gasteiger partial charge on any atom is 0.269 e. The van der Waals surface area contributed by atoms with Crippen LogP contribution in [0.25, 0.3) is 0 Å². The molecule has 0 spiro atoms. The highest BCUT2D eigenvalue weighted by atomic mass is 127. The molecule has 8 rings (SSSR count). The molecular formula is C39H29ClIN3O8. The summed E-state index contributed by atoms with van der Waals surface area (Å²) in [6.07, 6.45) is 2.23. The fourth-order valence-corrected chi connectivity index (χ4v) is 9.82. The SMILES string of the molecule is COc1cc(C2C3=CCC4C(=O)N(c5ccc([N+](=O)[O-])cc5)C(=O)C4C3CC3C(=O)N(c4cccc(Cl)c4)C(=O)C32c2ccccc2)cc(I)c1O. The lowest BCUT2D eigenvalue weighted by Crippen LogP contribution is -2.53. The number of non-ortho nitro benzene ring substituents is 1. The van der Waals surface area contributed by atoms with Crippen LogP contribution in [-0.4, -0.2) is 40.8 Å². The van der Waals surface area contributed by atoms with Crippen molar-refractivity contribution in [2.45, 2.75) is 24.2 Å². The topological polar surface area (TPSA) is 147 Å². The molecule has 0 bridgehead atoms. The highest BCUT2D eigenvalue weighted by Gasteiger charge is 2.70. The highest BCUT2D eigenvalue weighted by Crippen LogP contribution is 2.65. The molecule has 262 valence electrons. The van der Waals surface area contributed by atoms with Crippen LogP contribution in [0.2, 0.25) is 5.02 Å². The van der Waals surface area contributed by atoms with E-state index in [0.717, 1.165) is 10.5 Å². The second-order valence-electron chi connectivity index (χ2n) is 13.4. The third-order valence-corrected chi connectivity index (χ3v) is 12.1. The Kier molecular flexibility index (Phi) is 8.21. The second-order valence-corrected chi connectivity index (χ2v) is 15.0. The second kappa shape index (κ2) is 12.6. The van der Waals surface area contributed by atoms with Crippen LogP contribution in [0.15, 0.2) is 103 Å². The number of phenols is 1. The predicted octanol–water partition coefficient (Wildman–Crippen LogP) is 6.93. The number of imide groups is 2. The van der Waals surface area contributed by atoms with Crippen molar-refractivity contribution in [2.24, 2.45) is 23.7 Å². The van der Waals surface area contributed by atoms with Crippen LogP contribution in [0.3, 0.4) is 0 Å². The first-order valence-electron chi connectivity index (χ1n) is 16.6. The van der Waals surface area contributed by atoms with Gasteiger partial charge < -0.3 is 9.84 Å². The summed E-state index contributed by atoms with van der Waals surface area (Å²) in [5.74, 6) is -5.72. The third kappa shape index (κ3) is 4.83. The Bertz CT molecular complexity index is 2250. The van der Waals surface area contributed by atoms with Gasteiger partial charge in [-0.3, -0.25) is 34.2 Å². The van der Waals surface area contributed by atoms with Gasteiger partial charge in [-0.2, -0.15) is 0 Å². The summed E-state index contributed by atoms with van der Waals surface area (Å²) < 4.78 is 6.04. The summed E-state index contributed by atoms with van der Waals surface area (Å²) in [6.45, 7) is 0. The van der Waals surface area contributed by atoms with E-state index in [2.05, 4.69) is 0 Å². The number of hydrogen-bond acceptors (Lipinski definition) is 8. The minimum absolute atomic E-state index is 0.0769. The maximum absolute atomic E-state index is 15.4. The molecule has 0 radical (unpaired) electrons. The molecular weight excluding hydrogens is 801 g/mol. The number of carbonyl (C=O) groups is 4. The highest BCUT2D eigenvalue weighted by molar-refractivity contribution is 14.1. The number of nitrogens with zero attached hydrogens (tertiary/aromatic N) is 3. The van der Waals surface area contributed by atoms with Gasteiger partial charge in [-0.1, -0.05) is 59.6 Å². The molecule has 0 aromatic heterocycles. The fraction of sp³-hybridized carbons (Fsp3) is 0.231. The average molecular weight is 830 g/mol. The van der Waals surface area contributed by atoms with Crippen molar-refractivity contribution in [1.29, 1.82) is 0 Å². The molecule has 6 unspecified atom stereocenters. The van der Waals surface area contributed by atoms with E-state index in [1.165, 1.54) is 36.3 Å². The Balaban J connectivity index is 1.35. The van der Waals surface area contributed by atoms with Crippen LogP contribution < -0.4 is 14.5 Å². The van der Waals surface area contributed by atoms with Gasteiger partial charge >= 0.3 is 0 Å². The van der Waals surface area contributed by atoms with Crippen LogP contribution in [0.5, 0.6) is 11.5 Å². The van der Waals surface area contributed by atoms with E-state index in [1.807, 2.05) is 59.0 Å². The van der Waals surface area contributed by atoms with Gasteiger partial charge in [0.15, 0.2) is 11.5 Å². The van der Waals surface area contributed by atoms with E-state index in [1.54, 1.807) is 36.4 Å². The number of carbonyl (C=O) groups excluding carboxylic acids is 4. The van der Waals surface area contributed by atoms with Gasteiger partial charge in [0.1, 0.15) is 0 Å². The zero-order valence-electron chi connectivity index (χ0n) is 27.4. The molecule has 6 atom stereocenters. The van der Waals surface area contributed by atoms with E-state index in [9.17, 15) is 29.6 Å². The van der Waals surface area contributed by atoms with Gasteiger partial charge in [0.25, 0.3) is 5.69 Å². The zero-order chi connectivity index (χ0) is 36.6. The number of benzene rings is 4. The summed E-state index contributed by atoms with van der Waals surface area (Å²) in [4.78, 5) is 71.8. The van der Waals surface area contributed by atoms with E-state index in [0.29, 0.717) is 25.4 Å². The number of fused-ring (bicyclic) bond motifs is 4. The van der Waals surface area contributed by atoms with Gasteiger partial charge in [0.05, 0.1) is 50.1 Å². The summed E-state index contributed by atoms with van der Waals surface area (Å²) >= 11 is 8.39. The van der Waals surface area contributed by atoms with Crippen molar-refractivity contribution in [1.82, 2.24) is 0 Å². The number of amides is 4. The van der Waals surface area contributed by atoms with Crippen molar-refractivity contribution < 1.29 is 33.9 Å². The van der Waals surface area contributed by atoms with Gasteiger partial charge in [-0.25, -0.2) is 4.90 Å². The van der Waals surface area contributed by atoms with Crippen LogP contribution in [-0.2, 0) is 24.6 Å². The lowest BCUT2D eigenvalue weighted by Gasteiger charge is -2.50. The molecule has 2 aliphatic carbocycles. The molecule has 2 aliphatic heterocycles. The Labute approximate surface area is 316 Å². The van der Waals surface area contributed by atoms with Crippen molar-refractivity contribution >= 4 is 74.9 Å². The summed E-state index contributed by atoms with van der Waals surface area (Å²) in [7, 11) is 1.43. The molecule has 52 heavy (non-hydrogen) atoms. The molecule has 11 nitrogen and oxygen atoms in total. The number of anilines is 2. The lowest BCUT2D eigenvalue weighted by atomic mass is 9.49. The first-order valence-corrected chi connectivity index (χ1v) is 18.0. The maximum atomic E-state index is 15.4. The van der Waals surface area contributed by atoms with E-state index in [4.69, 9.17) is 16.3 Å². The number of allylic oxidation sites excluding steroid dienone is 2. The number of nitro groups is 1. The number of ether oxygens (including phenoxy) is 1. The van der Waals surface area contributed by atoms with Crippen LogP contribution in [0.4, 0.5) is 17.1 Å². The zero-order valence-corrected chi connectivity index (χ0v) is 30.4. The van der Waals surface area contributed by atoms with E-state index < -0.39 is 63.6 Å². The Morgan fingerprint density at radius 3 is 2.29 bits per heavy atom. The molecule has 2 heterocycles. The Hall–Kier alpha value is -5.08. The standard InChI is InChI=1S/C39H29ClIN3O8/c1-52-31-17-20(16-30(41)34(31)45)33-26-14-15-27-32(37(48)42(35(27)46)23-10-12-24(13-11-23)44(50)51)28(26)19-29-36(47)43(25-9-5-8-22(40)18-25)38(49)39(29,33)21-6-3-2-4-7-21/h2-14,16-18,27-29,32-33,45H,15,19H2,1H3. The van der Waals surface area contributed by atoms with Gasteiger partial charge in [0, 0.05) is 23.1 Å². The van der Waals surface area contributed by atoms with Gasteiger partial charge in [-0.15, -0.1) is 0 Å². The number of hydrogen-bond donors (Lipinski definition) is 1. The predicted molar refractivity (Wildman–Crippen MR) is 199 cm³/mol.